The number of hydrogen-bond acceptors (Lipinski definition) is 4. The molecule has 0 aromatic rings. The molecule has 0 aromatic heterocycles. The van der Waals surface area contributed by atoms with E-state index in [9.17, 15) is 4.79 Å². The Bertz CT molecular complexity index is 441. The fourth-order valence-corrected chi connectivity index (χ4v) is 3.99. The van der Waals surface area contributed by atoms with Crippen molar-refractivity contribution in [2.24, 2.45) is 16.7 Å². The minimum absolute atomic E-state index is 0.0613. The van der Waals surface area contributed by atoms with Crippen LogP contribution in [0.2, 0.25) is 0 Å². The number of ketones is 1. The zero-order valence-electron chi connectivity index (χ0n) is 19.6. The molecule has 0 heterocycles. The van der Waals surface area contributed by atoms with Crippen molar-refractivity contribution in [2.45, 2.75) is 113 Å². The predicted octanol–water partition coefficient (Wildman–Crippen LogP) is 6.34. The smallest absolute Gasteiger partial charge is 0.164 e. The lowest BCUT2D eigenvalue weighted by atomic mass is 9.72. The Hall–Kier alpha value is -0.0600. The van der Waals surface area contributed by atoms with E-state index in [4.69, 9.17) is 9.47 Å². The first-order valence-corrected chi connectivity index (χ1v) is 11.2. The summed E-state index contributed by atoms with van der Waals surface area (Å²) >= 11 is 4.34. The molecule has 0 saturated carbocycles. The summed E-state index contributed by atoms with van der Waals surface area (Å²) in [6, 6.07) is 0. The molecule has 0 radical (unpaired) electrons. The van der Waals surface area contributed by atoms with E-state index in [0.29, 0.717) is 12.3 Å². The maximum absolute atomic E-state index is 12.8. The van der Waals surface area contributed by atoms with E-state index in [-0.39, 0.29) is 28.8 Å². The number of ether oxygens (including phenoxy) is 2. The number of thiol groups is 1. The van der Waals surface area contributed by atoms with Gasteiger partial charge < -0.3 is 9.47 Å². The van der Waals surface area contributed by atoms with Crippen molar-refractivity contribution in [3.8, 4) is 0 Å². The Balaban J connectivity index is 4.62. The third-order valence-corrected chi connectivity index (χ3v) is 5.63. The van der Waals surface area contributed by atoms with Crippen molar-refractivity contribution in [1.82, 2.24) is 0 Å². The zero-order valence-corrected chi connectivity index (χ0v) is 20.5. The quantitative estimate of drug-likeness (QED) is 0.344. The third kappa shape index (κ3) is 12.2. The van der Waals surface area contributed by atoms with Crippen LogP contribution < -0.4 is 0 Å². The summed E-state index contributed by atoms with van der Waals surface area (Å²) in [6.45, 7) is 21.9. The van der Waals surface area contributed by atoms with Crippen LogP contribution in [0.1, 0.15) is 94.9 Å². The maximum atomic E-state index is 12.8. The Morgan fingerprint density at radius 3 is 2.00 bits per heavy atom. The van der Waals surface area contributed by atoms with Crippen molar-refractivity contribution < 1.29 is 14.3 Å². The van der Waals surface area contributed by atoms with Crippen LogP contribution >= 0.6 is 12.6 Å². The van der Waals surface area contributed by atoms with Gasteiger partial charge in [-0.25, -0.2) is 0 Å². The van der Waals surface area contributed by atoms with E-state index in [1.54, 1.807) is 0 Å². The predicted molar refractivity (Wildman–Crippen MR) is 120 cm³/mol. The van der Waals surface area contributed by atoms with Crippen LogP contribution in [0.15, 0.2) is 0 Å². The van der Waals surface area contributed by atoms with Crippen molar-refractivity contribution in [2.75, 3.05) is 12.4 Å². The minimum atomic E-state index is -0.734. The highest BCUT2D eigenvalue weighted by Crippen LogP contribution is 2.38. The molecule has 0 amide bonds. The molecular formula is C23H46O3S. The molecule has 162 valence electrons. The van der Waals surface area contributed by atoms with Crippen LogP contribution in [0, 0.1) is 16.7 Å². The zero-order chi connectivity index (χ0) is 21.5. The molecule has 2 unspecified atom stereocenters. The molecule has 0 bridgehead atoms. The van der Waals surface area contributed by atoms with E-state index < -0.39 is 5.60 Å². The van der Waals surface area contributed by atoms with Crippen LogP contribution in [-0.4, -0.2) is 36.0 Å². The van der Waals surface area contributed by atoms with Gasteiger partial charge in [-0.3, -0.25) is 4.79 Å². The summed E-state index contributed by atoms with van der Waals surface area (Å²) in [5, 5.41) is 0. The third-order valence-electron chi connectivity index (χ3n) is 5.01. The van der Waals surface area contributed by atoms with Crippen LogP contribution in [0.25, 0.3) is 0 Å². The summed E-state index contributed by atoms with van der Waals surface area (Å²) in [6.07, 6.45) is 3.68. The average Bonchev–Trinajstić information content (AvgIpc) is 2.48. The highest BCUT2D eigenvalue weighted by molar-refractivity contribution is 7.80. The van der Waals surface area contributed by atoms with Crippen LogP contribution in [0.5, 0.6) is 0 Å². The lowest BCUT2D eigenvalue weighted by Crippen LogP contribution is -2.39. The molecule has 2 atom stereocenters. The normalized spacial score (nSPS) is 15.9. The van der Waals surface area contributed by atoms with Gasteiger partial charge in [-0.2, -0.15) is 12.6 Å². The first-order chi connectivity index (χ1) is 12.1. The monoisotopic (exact) mass is 402 g/mol. The number of carbonyl (C=O) groups is 1. The Labute approximate surface area is 174 Å². The van der Waals surface area contributed by atoms with Crippen LogP contribution in [-0.2, 0) is 14.3 Å². The lowest BCUT2D eigenvalue weighted by molar-refractivity contribution is -0.148. The number of carbonyl (C=O) groups excluding carboxylic acids is 1. The largest absolute Gasteiger partial charge is 0.378 e. The summed E-state index contributed by atoms with van der Waals surface area (Å²) < 4.78 is 11.9. The first-order valence-electron chi connectivity index (χ1n) is 10.5. The summed E-state index contributed by atoms with van der Waals surface area (Å²) in [5.74, 6) is 1.52. The van der Waals surface area contributed by atoms with E-state index in [0.717, 1.165) is 31.6 Å². The molecular weight excluding hydrogens is 356 g/mol. The van der Waals surface area contributed by atoms with Crippen molar-refractivity contribution >= 4 is 18.4 Å². The van der Waals surface area contributed by atoms with E-state index in [1.807, 2.05) is 13.8 Å². The minimum Gasteiger partial charge on any atom is -0.378 e. The molecule has 0 rings (SSSR count). The summed E-state index contributed by atoms with van der Waals surface area (Å²) in [7, 11) is 0. The topological polar surface area (TPSA) is 35.5 Å². The maximum Gasteiger partial charge on any atom is 0.164 e. The Kier molecular flexibility index (Phi) is 11.2. The van der Waals surface area contributed by atoms with Crippen LogP contribution in [0.3, 0.4) is 0 Å². The molecule has 0 N–H and O–H groups in total. The fourth-order valence-electron chi connectivity index (χ4n) is 3.84. The number of Topliss-reactive ketones (excluding diaryl/α,β-unsaturated/α-hetero) is 1. The van der Waals surface area contributed by atoms with Crippen molar-refractivity contribution in [1.29, 1.82) is 0 Å². The van der Waals surface area contributed by atoms with Gasteiger partial charge in [0.05, 0.1) is 18.8 Å². The lowest BCUT2D eigenvalue weighted by Gasteiger charge is -2.36. The van der Waals surface area contributed by atoms with Gasteiger partial charge >= 0.3 is 0 Å². The number of hydrogen-bond donors (Lipinski definition) is 1. The van der Waals surface area contributed by atoms with E-state index in [2.05, 4.69) is 68.0 Å². The second-order valence-corrected chi connectivity index (χ2v) is 11.1. The number of rotatable bonds is 14. The highest BCUT2D eigenvalue weighted by Gasteiger charge is 2.34. The molecule has 0 aliphatic heterocycles. The summed E-state index contributed by atoms with van der Waals surface area (Å²) in [4.78, 5) is 12.8. The second-order valence-electron chi connectivity index (χ2n) is 10.8. The standard InChI is InChI=1S/C23H46O3S/c1-17(2)25-16-22(7,8)15-21(5,6)12-11-20(24)23(9,10)26-19(4)13-18(3)14-27/h17-19,27H,11-16H2,1-10H3. The molecule has 27 heavy (non-hydrogen) atoms. The van der Waals surface area contributed by atoms with Crippen molar-refractivity contribution in [3.05, 3.63) is 0 Å². The molecule has 4 heteroatoms. The fraction of sp³-hybridized carbons (Fsp3) is 0.957. The molecule has 0 aliphatic carbocycles. The molecule has 0 aliphatic rings. The van der Waals surface area contributed by atoms with Gasteiger partial charge in [-0.05, 0) is 76.4 Å². The van der Waals surface area contributed by atoms with Gasteiger partial charge in [0.1, 0.15) is 5.60 Å². The van der Waals surface area contributed by atoms with Gasteiger partial charge in [-0.1, -0.05) is 34.6 Å². The molecule has 0 aromatic carbocycles. The molecule has 3 nitrogen and oxygen atoms in total. The average molecular weight is 403 g/mol. The van der Waals surface area contributed by atoms with Gasteiger partial charge in [0.15, 0.2) is 5.78 Å². The van der Waals surface area contributed by atoms with Gasteiger partial charge in [0.25, 0.3) is 0 Å². The first kappa shape index (κ1) is 26.9. The molecule has 0 saturated heterocycles. The molecule has 0 fully saturated rings. The van der Waals surface area contributed by atoms with Gasteiger partial charge in [0, 0.05) is 6.42 Å². The molecule has 0 spiro atoms. The van der Waals surface area contributed by atoms with Gasteiger partial charge in [-0.15, -0.1) is 0 Å². The van der Waals surface area contributed by atoms with E-state index in [1.165, 1.54) is 0 Å². The van der Waals surface area contributed by atoms with Crippen LogP contribution in [0.4, 0.5) is 0 Å². The van der Waals surface area contributed by atoms with Crippen molar-refractivity contribution in [3.63, 3.8) is 0 Å². The van der Waals surface area contributed by atoms with E-state index >= 15 is 0 Å². The Morgan fingerprint density at radius 1 is 0.963 bits per heavy atom. The SMILES string of the molecule is CC(CS)CC(C)OC(C)(C)C(=O)CCC(C)(C)CC(C)(C)COC(C)C. The summed E-state index contributed by atoms with van der Waals surface area (Å²) in [5.41, 5.74) is -0.551. The van der Waals surface area contributed by atoms with Gasteiger partial charge in [0.2, 0.25) is 0 Å². The second kappa shape index (κ2) is 11.2. The Morgan fingerprint density at radius 2 is 1.52 bits per heavy atom. The highest BCUT2D eigenvalue weighted by atomic mass is 32.1.